The summed E-state index contributed by atoms with van der Waals surface area (Å²) in [7, 11) is 1.51. The Morgan fingerprint density at radius 2 is 2.18 bits per heavy atom. The van der Waals surface area contributed by atoms with Crippen molar-refractivity contribution >= 4 is 22.2 Å². The van der Waals surface area contributed by atoms with E-state index in [1.54, 1.807) is 0 Å². The van der Waals surface area contributed by atoms with Crippen LogP contribution in [0.15, 0.2) is 4.52 Å². The molecule has 0 aromatic carbocycles. The van der Waals surface area contributed by atoms with E-state index in [2.05, 4.69) is 15.5 Å². The summed E-state index contributed by atoms with van der Waals surface area (Å²) in [6.07, 6.45) is 0. The molecule has 0 spiro atoms. The molecule has 0 saturated carbocycles. The smallest absolute Gasteiger partial charge is 0.292 e. The molecular weight excluding hydrogens is 240 g/mol. The molecule has 1 amide bonds. The van der Waals surface area contributed by atoms with E-state index in [1.165, 1.54) is 18.4 Å². The largest absolute Gasteiger partial charge is 0.390 e. The van der Waals surface area contributed by atoms with Crippen LogP contribution in [0.5, 0.6) is 0 Å². The van der Waals surface area contributed by atoms with Crippen LogP contribution in [0.25, 0.3) is 11.5 Å². The molecule has 0 bridgehead atoms. The molecule has 0 aliphatic heterocycles. The van der Waals surface area contributed by atoms with E-state index in [-0.39, 0.29) is 17.6 Å². The quantitative estimate of drug-likeness (QED) is 0.841. The van der Waals surface area contributed by atoms with E-state index in [0.29, 0.717) is 5.00 Å². The Balaban J connectivity index is 2.47. The topological polar surface area (TPSA) is 94.0 Å². The van der Waals surface area contributed by atoms with Crippen molar-refractivity contribution in [1.29, 1.82) is 0 Å². The van der Waals surface area contributed by atoms with Crippen LogP contribution in [-0.4, -0.2) is 23.1 Å². The summed E-state index contributed by atoms with van der Waals surface area (Å²) in [6.45, 7) is 3.90. The summed E-state index contributed by atoms with van der Waals surface area (Å²) in [5.41, 5.74) is 7.60. The highest BCUT2D eigenvalue weighted by atomic mass is 32.1. The number of carbonyl (C=O) groups excluding carboxylic acids is 1. The third-order valence-corrected chi connectivity index (χ3v) is 3.52. The number of nitrogens with one attached hydrogen (secondary N) is 1. The molecule has 3 N–H and O–H groups in total. The highest BCUT2D eigenvalue weighted by Gasteiger charge is 2.20. The molecular formula is C10H12N4O2S. The van der Waals surface area contributed by atoms with Gasteiger partial charge in [-0.25, -0.2) is 0 Å². The predicted molar refractivity (Wildman–Crippen MR) is 64.9 cm³/mol. The fourth-order valence-corrected chi connectivity index (χ4v) is 2.38. The number of hydrogen-bond donors (Lipinski definition) is 2. The Morgan fingerprint density at radius 1 is 1.47 bits per heavy atom. The fourth-order valence-electron chi connectivity index (χ4n) is 1.45. The maximum atomic E-state index is 11.3. The van der Waals surface area contributed by atoms with E-state index in [9.17, 15) is 4.79 Å². The molecule has 0 unspecified atom stereocenters. The molecule has 0 radical (unpaired) electrons. The van der Waals surface area contributed by atoms with Gasteiger partial charge in [0, 0.05) is 11.9 Å². The number of aryl methyl sites for hydroxylation is 1. The lowest BCUT2D eigenvalue weighted by atomic mass is 10.1. The summed E-state index contributed by atoms with van der Waals surface area (Å²) >= 11 is 1.46. The lowest BCUT2D eigenvalue weighted by molar-refractivity contribution is 0.0950. The van der Waals surface area contributed by atoms with Gasteiger partial charge in [-0.05, 0) is 19.4 Å². The van der Waals surface area contributed by atoms with E-state index < -0.39 is 0 Å². The first-order valence-corrected chi connectivity index (χ1v) is 5.78. The number of rotatable bonds is 2. The Morgan fingerprint density at radius 3 is 2.71 bits per heavy atom. The van der Waals surface area contributed by atoms with Crippen molar-refractivity contribution in [3.63, 3.8) is 0 Å². The van der Waals surface area contributed by atoms with Gasteiger partial charge in [-0.2, -0.15) is 4.98 Å². The molecule has 2 rings (SSSR count). The monoisotopic (exact) mass is 252 g/mol. The first-order chi connectivity index (χ1) is 8.04. The maximum absolute atomic E-state index is 11.3. The van der Waals surface area contributed by atoms with E-state index in [4.69, 9.17) is 10.3 Å². The lowest BCUT2D eigenvalue weighted by Gasteiger charge is -1.94. The number of amides is 1. The van der Waals surface area contributed by atoms with Crippen molar-refractivity contribution in [3.8, 4) is 11.5 Å². The molecule has 0 saturated heterocycles. The highest BCUT2D eigenvalue weighted by Crippen LogP contribution is 2.36. The van der Waals surface area contributed by atoms with Gasteiger partial charge in [0.25, 0.3) is 17.6 Å². The fraction of sp³-hybridized carbons (Fsp3) is 0.300. The Bertz CT molecular complexity index is 573. The van der Waals surface area contributed by atoms with Crippen molar-refractivity contribution in [1.82, 2.24) is 15.5 Å². The first-order valence-electron chi connectivity index (χ1n) is 4.96. The number of thiophene rings is 1. The third-order valence-electron chi connectivity index (χ3n) is 2.48. The third kappa shape index (κ3) is 1.89. The second-order valence-electron chi connectivity index (χ2n) is 3.52. The molecule has 2 aromatic rings. The van der Waals surface area contributed by atoms with Crippen molar-refractivity contribution in [2.24, 2.45) is 0 Å². The number of nitrogens with zero attached hydrogens (tertiary/aromatic N) is 2. The summed E-state index contributed by atoms with van der Waals surface area (Å²) in [4.78, 5) is 16.4. The van der Waals surface area contributed by atoms with Crippen LogP contribution < -0.4 is 11.1 Å². The average molecular weight is 252 g/mol. The van der Waals surface area contributed by atoms with Crippen LogP contribution in [0.3, 0.4) is 0 Å². The Labute approximate surface area is 102 Å². The van der Waals surface area contributed by atoms with Crippen molar-refractivity contribution < 1.29 is 9.32 Å². The zero-order valence-corrected chi connectivity index (χ0v) is 10.5. The first kappa shape index (κ1) is 11.6. The van der Waals surface area contributed by atoms with Crippen LogP contribution in [0.4, 0.5) is 5.00 Å². The summed E-state index contributed by atoms with van der Waals surface area (Å²) in [6, 6.07) is 0. The van der Waals surface area contributed by atoms with E-state index >= 15 is 0 Å². The second kappa shape index (κ2) is 4.17. The van der Waals surface area contributed by atoms with Crippen molar-refractivity contribution in [2.75, 3.05) is 12.8 Å². The molecule has 7 heteroatoms. The zero-order valence-electron chi connectivity index (χ0n) is 9.70. The normalized spacial score (nSPS) is 10.5. The molecule has 0 atom stereocenters. The molecule has 0 fully saturated rings. The standard InChI is InChI=1S/C10H12N4O2S/c1-4-5(2)17-7(11)6(4)10-13-8(14-16-10)9(15)12-3/h11H2,1-3H3,(H,12,15). The molecule has 17 heavy (non-hydrogen) atoms. The molecule has 6 nitrogen and oxygen atoms in total. The van der Waals surface area contributed by atoms with Gasteiger partial charge in [0.15, 0.2) is 0 Å². The van der Waals surface area contributed by atoms with Gasteiger partial charge in [0.2, 0.25) is 0 Å². The van der Waals surface area contributed by atoms with Crippen molar-refractivity contribution in [2.45, 2.75) is 13.8 Å². The number of carbonyl (C=O) groups is 1. The van der Waals surface area contributed by atoms with Gasteiger partial charge >= 0.3 is 0 Å². The van der Waals surface area contributed by atoms with E-state index in [0.717, 1.165) is 16.0 Å². The second-order valence-corrected chi connectivity index (χ2v) is 4.78. The van der Waals surface area contributed by atoms with Crippen LogP contribution in [0.1, 0.15) is 21.1 Å². The van der Waals surface area contributed by atoms with Crippen LogP contribution in [-0.2, 0) is 0 Å². The molecule has 2 aromatic heterocycles. The Hall–Kier alpha value is -1.89. The van der Waals surface area contributed by atoms with Crippen LogP contribution >= 0.6 is 11.3 Å². The number of hydrogen-bond acceptors (Lipinski definition) is 6. The van der Waals surface area contributed by atoms with Gasteiger partial charge in [-0.15, -0.1) is 11.3 Å². The van der Waals surface area contributed by atoms with Gasteiger partial charge in [0.05, 0.1) is 10.6 Å². The summed E-state index contributed by atoms with van der Waals surface area (Å²) < 4.78 is 5.05. The lowest BCUT2D eigenvalue weighted by Crippen LogP contribution is -2.19. The minimum Gasteiger partial charge on any atom is -0.390 e. The minimum atomic E-state index is -0.386. The van der Waals surface area contributed by atoms with Gasteiger partial charge in [-0.1, -0.05) is 5.16 Å². The molecule has 0 aliphatic carbocycles. The Kier molecular flexibility index (Phi) is 2.84. The van der Waals surface area contributed by atoms with Crippen LogP contribution in [0.2, 0.25) is 0 Å². The van der Waals surface area contributed by atoms with Crippen LogP contribution in [0, 0.1) is 13.8 Å². The number of nitrogen functional groups attached to an aromatic ring is 1. The zero-order chi connectivity index (χ0) is 12.6. The summed E-state index contributed by atoms with van der Waals surface area (Å²) in [5, 5.41) is 6.65. The maximum Gasteiger partial charge on any atom is 0.292 e. The number of anilines is 1. The average Bonchev–Trinajstić information content (AvgIpc) is 2.85. The van der Waals surface area contributed by atoms with Gasteiger partial charge in [-0.3, -0.25) is 4.79 Å². The minimum absolute atomic E-state index is 0.00477. The predicted octanol–water partition coefficient (Wildman–Crippen LogP) is 1.36. The van der Waals surface area contributed by atoms with E-state index in [1.807, 2.05) is 13.8 Å². The molecule has 90 valence electrons. The highest BCUT2D eigenvalue weighted by molar-refractivity contribution is 7.16. The summed E-state index contributed by atoms with van der Waals surface area (Å²) in [5.74, 6) is -0.101. The molecule has 2 heterocycles. The molecule has 0 aliphatic rings. The van der Waals surface area contributed by atoms with Gasteiger partial charge in [0.1, 0.15) is 0 Å². The number of nitrogens with two attached hydrogens (primary N) is 1. The number of aromatic nitrogens is 2. The van der Waals surface area contributed by atoms with Crippen molar-refractivity contribution in [3.05, 3.63) is 16.3 Å². The SMILES string of the molecule is CNC(=O)c1noc(-c2c(N)sc(C)c2C)n1. The van der Waals surface area contributed by atoms with Gasteiger partial charge < -0.3 is 15.6 Å².